The Kier molecular flexibility index (Phi) is 3.84. The summed E-state index contributed by atoms with van der Waals surface area (Å²) in [6.45, 7) is 2.65. The van der Waals surface area contributed by atoms with E-state index in [4.69, 9.17) is 16.3 Å². The molecule has 0 saturated carbocycles. The van der Waals surface area contributed by atoms with Crippen LogP contribution in [0, 0.1) is 6.92 Å². The fourth-order valence-corrected chi connectivity index (χ4v) is 2.63. The first-order valence-corrected chi connectivity index (χ1v) is 7.31. The topological polar surface area (TPSA) is 38.3 Å². The molecule has 108 valence electrons. The van der Waals surface area contributed by atoms with Crippen LogP contribution in [-0.2, 0) is 0 Å². The molecule has 1 aliphatic rings. The van der Waals surface area contributed by atoms with Gasteiger partial charge in [-0.25, -0.2) is 0 Å². The highest BCUT2D eigenvalue weighted by Crippen LogP contribution is 2.32. The third-order valence-electron chi connectivity index (χ3n) is 3.62. The van der Waals surface area contributed by atoms with E-state index >= 15 is 0 Å². The van der Waals surface area contributed by atoms with Crippen LogP contribution < -0.4 is 10.1 Å². The molecule has 0 radical (unpaired) electrons. The zero-order valence-electron chi connectivity index (χ0n) is 11.7. The number of hydrogen-bond donors (Lipinski definition) is 1. The van der Waals surface area contributed by atoms with Gasteiger partial charge < -0.3 is 10.1 Å². The molecular formula is C17H16ClNO2. The number of carbonyl (C=O) groups is 1. The fourth-order valence-electron chi connectivity index (χ4n) is 2.51. The van der Waals surface area contributed by atoms with Gasteiger partial charge in [0.25, 0.3) is 5.91 Å². The minimum absolute atomic E-state index is 0.0168. The number of fused-ring (bicyclic) bond motifs is 1. The predicted molar refractivity (Wildman–Crippen MR) is 83.0 cm³/mol. The van der Waals surface area contributed by atoms with Gasteiger partial charge in [-0.15, -0.1) is 0 Å². The second kappa shape index (κ2) is 5.78. The highest BCUT2D eigenvalue weighted by molar-refractivity contribution is 6.30. The van der Waals surface area contributed by atoms with Gasteiger partial charge in [0, 0.05) is 22.6 Å². The van der Waals surface area contributed by atoms with Crippen molar-refractivity contribution in [3.8, 4) is 5.75 Å². The molecule has 0 aliphatic carbocycles. The van der Waals surface area contributed by atoms with E-state index in [0.29, 0.717) is 17.2 Å². The maximum absolute atomic E-state index is 12.3. The van der Waals surface area contributed by atoms with Crippen molar-refractivity contribution in [2.75, 3.05) is 6.61 Å². The molecule has 1 atom stereocenters. The summed E-state index contributed by atoms with van der Waals surface area (Å²) < 4.78 is 5.64. The second-order valence-corrected chi connectivity index (χ2v) is 5.65. The van der Waals surface area contributed by atoms with Gasteiger partial charge in [0.1, 0.15) is 5.75 Å². The molecule has 2 aromatic carbocycles. The van der Waals surface area contributed by atoms with Crippen molar-refractivity contribution in [2.45, 2.75) is 19.4 Å². The van der Waals surface area contributed by atoms with Crippen molar-refractivity contribution in [2.24, 2.45) is 0 Å². The molecule has 1 N–H and O–H groups in total. The van der Waals surface area contributed by atoms with Crippen molar-refractivity contribution in [1.29, 1.82) is 0 Å². The van der Waals surface area contributed by atoms with E-state index in [0.717, 1.165) is 23.3 Å². The SMILES string of the molecule is Cc1ccc2c(c1)C(NC(=O)c1ccc(Cl)cc1)CCO2. The van der Waals surface area contributed by atoms with Crippen LogP contribution in [0.1, 0.15) is 33.9 Å². The van der Waals surface area contributed by atoms with Crippen LogP contribution in [-0.4, -0.2) is 12.5 Å². The summed E-state index contributed by atoms with van der Waals surface area (Å²) in [6.07, 6.45) is 0.774. The molecular weight excluding hydrogens is 286 g/mol. The summed E-state index contributed by atoms with van der Waals surface area (Å²) in [5.41, 5.74) is 2.81. The number of benzene rings is 2. The Morgan fingerprint density at radius 2 is 2.00 bits per heavy atom. The first kappa shape index (κ1) is 14.0. The van der Waals surface area contributed by atoms with E-state index in [1.807, 2.05) is 19.1 Å². The van der Waals surface area contributed by atoms with Gasteiger partial charge in [-0.3, -0.25) is 4.79 Å². The van der Waals surface area contributed by atoms with Gasteiger partial charge >= 0.3 is 0 Å². The molecule has 0 saturated heterocycles. The molecule has 21 heavy (non-hydrogen) atoms. The molecule has 1 heterocycles. The van der Waals surface area contributed by atoms with Crippen molar-refractivity contribution in [3.05, 3.63) is 64.2 Å². The number of carbonyl (C=O) groups excluding carboxylic acids is 1. The summed E-state index contributed by atoms with van der Waals surface area (Å²) in [7, 11) is 0. The molecule has 3 nitrogen and oxygen atoms in total. The Balaban J connectivity index is 1.81. The van der Waals surface area contributed by atoms with E-state index in [2.05, 4.69) is 11.4 Å². The summed E-state index contributed by atoms with van der Waals surface area (Å²) in [5, 5.41) is 3.70. The van der Waals surface area contributed by atoms with Gasteiger partial charge in [-0.1, -0.05) is 29.3 Å². The van der Waals surface area contributed by atoms with E-state index in [1.54, 1.807) is 24.3 Å². The van der Waals surface area contributed by atoms with Crippen LogP contribution >= 0.6 is 11.6 Å². The monoisotopic (exact) mass is 301 g/mol. The maximum atomic E-state index is 12.3. The van der Waals surface area contributed by atoms with Gasteiger partial charge in [0.05, 0.1) is 12.6 Å². The molecule has 1 unspecified atom stereocenters. The highest BCUT2D eigenvalue weighted by atomic mass is 35.5. The Bertz CT molecular complexity index is 667. The van der Waals surface area contributed by atoms with Crippen LogP contribution in [0.25, 0.3) is 0 Å². The quantitative estimate of drug-likeness (QED) is 0.913. The lowest BCUT2D eigenvalue weighted by Gasteiger charge is -2.27. The maximum Gasteiger partial charge on any atom is 0.251 e. The van der Waals surface area contributed by atoms with E-state index < -0.39 is 0 Å². The molecule has 1 amide bonds. The largest absolute Gasteiger partial charge is 0.493 e. The Morgan fingerprint density at radius 1 is 1.24 bits per heavy atom. The fraction of sp³-hybridized carbons (Fsp3) is 0.235. The minimum Gasteiger partial charge on any atom is -0.493 e. The van der Waals surface area contributed by atoms with E-state index in [-0.39, 0.29) is 11.9 Å². The lowest BCUT2D eigenvalue weighted by molar-refractivity contribution is 0.0925. The number of ether oxygens (including phenoxy) is 1. The molecule has 0 bridgehead atoms. The Hall–Kier alpha value is -2.00. The van der Waals surface area contributed by atoms with Crippen molar-refractivity contribution in [1.82, 2.24) is 5.32 Å². The van der Waals surface area contributed by atoms with Crippen molar-refractivity contribution >= 4 is 17.5 Å². The number of halogens is 1. The molecule has 0 fully saturated rings. The van der Waals surface area contributed by atoms with Crippen LogP contribution in [0.3, 0.4) is 0 Å². The summed E-state index contributed by atoms with van der Waals surface area (Å²) in [6, 6.07) is 12.9. The summed E-state index contributed by atoms with van der Waals surface area (Å²) >= 11 is 5.84. The third-order valence-corrected chi connectivity index (χ3v) is 3.87. The van der Waals surface area contributed by atoms with Gasteiger partial charge in [-0.2, -0.15) is 0 Å². The zero-order valence-corrected chi connectivity index (χ0v) is 12.5. The van der Waals surface area contributed by atoms with E-state index in [1.165, 1.54) is 0 Å². The third kappa shape index (κ3) is 3.03. The Morgan fingerprint density at radius 3 is 2.76 bits per heavy atom. The molecule has 0 aromatic heterocycles. The zero-order chi connectivity index (χ0) is 14.8. The average Bonchev–Trinajstić information content (AvgIpc) is 2.48. The highest BCUT2D eigenvalue weighted by Gasteiger charge is 2.23. The number of amides is 1. The van der Waals surface area contributed by atoms with Crippen molar-refractivity contribution in [3.63, 3.8) is 0 Å². The van der Waals surface area contributed by atoms with Crippen LogP contribution in [0.15, 0.2) is 42.5 Å². The molecule has 1 aliphatic heterocycles. The van der Waals surface area contributed by atoms with E-state index in [9.17, 15) is 4.79 Å². The van der Waals surface area contributed by atoms with Gasteiger partial charge in [0.2, 0.25) is 0 Å². The average molecular weight is 302 g/mol. The summed E-state index contributed by atoms with van der Waals surface area (Å²) in [5.74, 6) is 0.763. The molecule has 4 heteroatoms. The van der Waals surface area contributed by atoms with Crippen molar-refractivity contribution < 1.29 is 9.53 Å². The number of hydrogen-bond acceptors (Lipinski definition) is 2. The number of nitrogens with one attached hydrogen (secondary N) is 1. The van der Waals surface area contributed by atoms with Crippen LogP contribution in [0.4, 0.5) is 0 Å². The van der Waals surface area contributed by atoms with Crippen LogP contribution in [0.5, 0.6) is 5.75 Å². The van der Waals surface area contributed by atoms with Gasteiger partial charge in [-0.05, 0) is 37.3 Å². The van der Waals surface area contributed by atoms with Gasteiger partial charge in [0.15, 0.2) is 0 Å². The molecule has 2 aromatic rings. The first-order chi connectivity index (χ1) is 10.1. The Labute approximate surface area is 128 Å². The predicted octanol–water partition coefficient (Wildman–Crippen LogP) is 3.90. The lowest BCUT2D eigenvalue weighted by Crippen LogP contribution is -2.32. The normalized spacial score (nSPS) is 16.8. The minimum atomic E-state index is -0.0916. The second-order valence-electron chi connectivity index (χ2n) is 5.21. The molecule has 3 rings (SSSR count). The molecule has 0 spiro atoms. The first-order valence-electron chi connectivity index (χ1n) is 6.93. The lowest BCUT2D eigenvalue weighted by atomic mass is 9.98. The standard InChI is InChI=1S/C17H16ClNO2/c1-11-2-7-16-14(10-11)15(8-9-21-16)19-17(20)12-3-5-13(18)6-4-12/h2-7,10,15H,8-9H2,1H3,(H,19,20). The summed E-state index contributed by atoms with van der Waals surface area (Å²) in [4.78, 5) is 12.3. The smallest absolute Gasteiger partial charge is 0.251 e. The van der Waals surface area contributed by atoms with Crippen LogP contribution in [0.2, 0.25) is 5.02 Å². The number of rotatable bonds is 2. The number of aryl methyl sites for hydroxylation is 1.